The zero-order valence-electron chi connectivity index (χ0n) is 12.4. The van der Waals surface area contributed by atoms with Gasteiger partial charge in [0.1, 0.15) is 4.90 Å². The molecule has 0 radical (unpaired) electrons. The van der Waals surface area contributed by atoms with Crippen molar-refractivity contribution in [2.45, 2.75) is 31.8 Å². The largest absolute Gasteiger partial charge is 0.312 e. The summed E-state index contributed by atoms with van der Waals surface area (Å²) < 4.78 is 27.1. The fraction of sp³-hybridized carbons (Fsp3) is 0.429. The van der Waals surface area contributed by atoms with Crippen LogP contribution in [0.2, 0.25) is 0 Å². The van der Waals surface area contributed by atoms with E-state index in [0.717, 1.165) is 21.9 Å². The molecule has 0 aliphatic carbocycles. The van der Waals surface area contributed by atoms with Crippen LogP contribution in [0.4, 0.5) is 0 Å². The average Bonchev–Trinajstić information content (AvgIpc) is 3.06. The Morgan fingerprint density at radius 1 is 1.33 bits per heavy atom. The van der Waals surface area contributed by atoms with E-state index in [1.807, 2.05) is 36.7 Å². The number of hydrogen-bond acceptors (Lipinski definition) is 5. The fourth-order valence-electron chi connectivity index (χ4n) is 2.06. The van der Waals surface area contributed by atoms with Crippen LogP contribution >= 0.6 is 22.7 Å². The Bertz CT molecular complexity index is 675. The minimum atomic E-state index is -3.45. The molecule has 0 saturated heterocycles. The minimum Gasteiger partial charge on any atom is -0.312 e. The quantitative estimate of drug-likeness (QED) is 0.840. The molecule has 2 heterocycles. The average molecular weight is 345 g/mol. The van der Waals surface area contributed by atoms with Crippen LogP contribution in [-0.2, 0) is 23.1 Å². The molecule has 0 atom stereocenters. The Hall–Kier alpha value is -0.730. The van der Waals surface area contributed by atoms with E-state index in [1.54, 1.807) is 18.4 Å². The number of nitrogens with zero attached hydrogens (tertiary/aromatic N) is 1. The minimum absolute atomic E-state index is 0.413. The molecule has 0 saturated carbocycles. The molecule has 0 spiro atoms. The molecule has 1 N–H and O–H groups in total. The topological polar surface area (TPSA) is 49.4 Å². The van der Waals surface area contributed by atoms with Gasteiger partial charge in [0.25, 0.3) is 0 Å². The van der Waals surface area contributed by atoms with Crippen molar-refractivity contribution in [2.24, 2.45) is 0 Å². The van der Waals surface area contributed by atoms with Crippen LogP contribution in [0.5, 0.6) is 0 Å². The number of rotatable bonds is 7. The summed E-state index contributed by atoms with van der Waals surface area (Å²) in [6.45, 7) is 5.70. The fourth-order valence-corrected chi connectivity index (χ4v) is 5.77. The first-order valence-corrected chi connectivity index (χ1v) is 9.93. The molecule has 0 unspecified atom stereocenters. The van der Waals surface area contributed by atoms with Crippen molar-refractivity contribution < 1.29 is 8.42 Å². The molecule has 7 heteroatoms. The van der Waals surface area contributed by atoms with Crippen molar-refractivity contribution in [3.63, 3.8) is 0 Å². The Balaban J connectivity index is 2.28. The van der Waals surface area contributed by atoms with Crippen molar-refractivity contribution in [3.8, 4) is 0 Å². The molecule has 2 aromatic rings. The molecule has 4 nitrogen and oxygen atoms in total. The lowest BCUT2D eigenvalue weighted by atomic mass is 10.3. The summed E-state index contributed by atoms with van der Waals surface area (Å²) in [5.41, 5.74) is 0.825. The second kappa shape index (κ2) is 7.02. The number of hydrogen-bond donors (Lipinski definition) is 1. The van der Waals surface area contributed by atoms with Gasteiger partial charge in [-0.1, -0.05) is 13.0 Å². The highest BCUT2D eigenvalue weighted by Gasteiger charge is 2.27. The van der Waals surface area contributed by atoms with Gasteiger partial charge >= 0.3 is 0 Å². The third-order valence-corrected chi connectivity index (χ3v) is 7.28. The van der Waals surface area contributed by atoms with E-state index in [0.29, 0.717) is 18.0 Å². The smallest absolute Gasteiger partial charge is 0.244 e. The molecule has 2 rings (SSSR count). The summed E-state index contributed by atoms with van der Waals surface area (Å²) in [5, 5.41) is 7.08. The van der Waals surface area contributed by atoms with Crippen LogP contribution in [0.3, 0.4) is 0 Å². The Morgan fingerprint density at radius 3 is 2.71 bits per heavy atom. The molecule has 0 aliphatic rings. The van der Waals surface area contributed by atoms with Crippen LogP contribution in [0.25, 0.3) is 0 Å². The SMILES string of the molecule is CCNCc1scc(C)c1S(=O)(=O)N(C)Cc1cccs1. The lowest BCUT2D eigenvalue weighted by Crippen LogP contribution is -2.27. The summed E-state index contributed by atoms with van der Waals surface area (Å²) in [6, 6.07) is 3.89. The molecule has 2 aromatic heterocycles. The maximum absolute atomic E-state index is 12.8. The van der Waals surface area contributed by atoms with Crippen molar-refractivity contribution in [2.75, 3.05) is 13.6 Å². The third kappa shape index (κ3) is 3.73. The van der Waals surface area contributed by atoms with E-state index < -0.39 is 10.0 Å². The molecule has 0 bridgehead atoms. The number of nitrogens with one attached hydrogen (secondary N) is 1. The van der Waals surface area contributed by atoms with Crippen molar-refractivity contribution in [1.82, 2.24) is 9.62 Å². The summed E-state index contributed by atoms with van der Waals surface area (Å²) in [5.74, 6) is 0. The van der Waals surface area contributed by atoms with Crippen LogP contribution < -0.4 is 5.32 Å². The van der Waals surface area contributed by atoms with Crippen molar-refractivity contribution in [1.29, 1.82) is 0 Å². The van der Waals surface area contributed by atoms with Gasteiger partial charge in [0.15, 0.2) is 0 Å². The van der Waals surface area contributed by atoms with Crippen LogP contribution in [0.15, 0.2) is 27.8 Å². The Labute approximate surface area is 134 Å². The zero-order chi connectivity index (χ0) is 15.5. The van der Waals surface area contributed by atoms with Crippen molar-refractivity contribution >= 4 is 32.7 Å². The van der Waals surface area contributed by atoms with Gasteiger partial charge in [-0.25, -0.2) is 8.42 Å². The molecule has 0 fully saturated rings. The molecular weight excluding hydrogens is 324 g/mol. The molecule has 0 aliphatic heterocycles. The van der Waals surface area contributed by atoms with Gasteiger partial charge in [0.2, 0.25) is 10.0 Å². The summed E-state index contributed by atoms with van der Waals surface area (Å²) >= 11 is 3.07. The third-order valence-electron chi connectivity index (χ3n) is 3.15. The highest BCUT2D eigenvalue weighted by atomic mass is 32.2. The second-order valence-corrected chi connectivity index (χ2v) is 8.77. The molecule has 116 valence electrons. The van der Waals surface area contributed by atoms with Gasteiger partial charge in [-0.3, -0.25) is 0 Å². The zero-order valence-corrected chi connectivity index (χ0v) is 14.9. The maximum atomic E-state index is 12.8. The van der Waals surface area contributed by atoms with Gasteiger partial charge in [0, 0.05) is 29.9 Å². The second-order valence-electron chi connectivity index (χ2n) is 4.79. The number of aryl methyl sites for hydroxylation is 1. The van der Waals surface area contributed by atoms with E-state index in [4.69, 9.17) is 0 Å². The normalized spacial score (nSPS) is 12.2. The van der Waals surface area contributed by atoms with Gasteiger partial charge < -0.3 is 5.32 Å². The maximum Gasteiger partial charge on any atom is 0.244 e. The standard InChI is InChI=1S/C14H20N2O2S3/c1-4-15-8-13-14(11(2)10-20-13)21(17,18)16(3)9-12-6-5-7-19-12/h5-7,10,15H,4,8-9H2,1-3H3. The van der Waals surface area contributed by atoms with Gasteiger partial charge in [-0.05, 0) is 35.9 Å². The lowest BCUT2D eigenvalue weighted by Gasteiger charge is -2.18. The number of thiophene rings is 2. The van der Waals surface area contributed by atoms with E-state index in [2.05, 4.69) is 5.32 Å². The van der Waals surface area contributed by atoms with Gasteiger partial charge in [0.05, 0.1) is 0 Å². The van der Waals surface area contributed by atoms with Crippen molar-refractivity contribution in [3.05, 3.63) is 38.2 Å². The predicted molar refractivity (Wildman–Crippen MR) is 89.4 cm³/mol. The predicted octanol–water partition coefficient (Wildman–Crippen LogP) is 3.05. The first kappa shape index (κ1) is 16.6. The summed E-state index contributed by atoms with van der Waals surface area (Å²) in [4.78, 5) is 2.39. The Kier molecular flexibility index (Phi) is 5.56. The molecule has 21 heavy (non-hydrogen) atoms. The molecule has 0 aromatic carbocycles. The summed E-state index contributed by atoms with van der Waals surface area (Å²) in [7, 11) is -1.81. The highest BCUT2D eigenvalue weighted by molar-refractivity contribution is 7.89. The van der Waals surface area contributed by atoms with E-state index in [-0.39, 0.29) is 0 Å². The molecular formula is C14H20N2O2S3. The lowest BCUT2D eigenvalue weighted by molar-refractivity contribution is 0.468. The first-order valence-electron chi connectivity index (χ1n) is 6.73. The van der Waals surface area contributed by atoms with E-state index in [9.17, 15) is 8.42 Å². The van der Waals surface area contributed by atoms with Gasteiger partial charge in [-0.2, -0.15) is 4.31 Å². The van der Waals surface area contributed by atoms with E-state index in [1.165, 1.54) is 15.6 Å². The van der Waals surface area contributed by atoms with Crippen LogP contribution in [-0.4, -0.2) is 26.3 Å². The molecule has 0 amide bonds. The number of sulfonamides is 1. The first-order chi connectivity index (χ1) is 9.96. The van der Waals surface area contributed by atoms with Crippen LogP contribution in [0.1, 0.15) is 22.2 Å². The highest BCUT2D eigenvalue weighted by Crippen LogP contribution is 2.30. The van der Waals surface area contributed by atoms with E-state index >= 15 is 0 Å². The van der Waals surface area contributed by atoms with Crippen LogP contribution in [0, 0.1) is 6.92 Å². The Morgan fingerprint density at radius 2 is 2.10 bits per heavy atom. The summed E-state index contributed by atoms with van der Waals surface area (Å²) in [6.07, 6.45) is 0. The monoisotopic (exact) mass is 344 g/mol. The van der Waals surface area contributed by atoms with Gasteiger partial charge in [-0.15, -0.1) is 22.7 Å².